The molecule has 0 spiro atoms. The average molecular weight is 641 g/mol. The van der Waals surface area contributed by atoms with Crippen LogP contribution in [0.3, 0.4) is 0 Å². The summed E-state index contributed by atoms with van der Waals surface area (Å²) >= 11 is 0. The molecule has 0 N–H and O–H groups in total. The second-order valence-corrected chi connectivity index (χ2v) is 13.8. The van der Waals surface area contributed by atoms with Gasteiger partial charge in [0.25, 0.3) is 0 Å². The van der Waals surface area contributed by atoms with Gasteiger partial charge in [0.2, 0.25) is 0 Å². The number of rotatable bonds is 4. The highest BCUT2D eigenvalue weighted by Gasteiger charge is 2.27. The summed E-state index contributed by atoms with van der Waals surface area (Å²) in [5.41, 5.74) is 7.86. The van der Waals surface area contributed by atoms with Crippen molar-refractivity contribution in [3.05, 3.63) is 181 Å². The Morgan fingerprint density at radius 1 is 0.360 bits per heavy atom. The van der Waals surface area contributed by atoms with Crippen molar-refractivity contribution in [1.29, 1.82) is 0 Å². The van der Waals surface area contributed by atoms with E-state index in [1.165, 1.54) is 87.2 Å². The molecule has 1 heteroatoms. The Hall–Kier alpha value is -5.76. The Morgan fingerprint density at radius 3 is 1.54 bits per heavy atom. The molecule has 0 aliphatic carbocycles. The Labute approximate surface area is 292 Å². The molecule has 2 atom stereocenters. The van der Waals surface area contributed by atoms with Crippen LogP contribution in [0.25, 0.3) is 76.1 Å². The minimum Gasteiger partial charge on any atom is -0.373 e. The van der Waals surface area contributed by atoms with Gasteiger partial charge in [-0.05, 0) is 106 Å². The van der Waals surface area contributed by atoms with E-state index in [9.17, 15) is 0 Å². The molecule has 0 amide bonds. The zero-order valence-electron chi connectivity index (χ0n) is 27.9. The highest BCUT2D eigenvalue weighted by atomic mass is 16.5. The smallest absolute Gasteiger partial charge is 0.0831 e. The summed E-state index contributed by atoms with van der Waals surface area (Å²) in [6, 6.07) is 62.5. The lowest BCUT2D eigenvalue weighted by molar-refractivity contribution is 0.00350. The van der Waals surface area contributed by atoms with Crippen molar-refractivity contribution in [2.75, 3.05) is 6.61 Å². The predicted octanol–water partition coefficient (Wildman–Crippen LogP) is 13.4. The third kappa shape index (κ3) is 4.73. The van der Waals surface area contributed by atoms with Gasteiger partial charge in [-0.15, -0.1) is 0 Å². The molecule has 1 heterocycles. The molecule has 0 saturated carbocycles. The molecule has 238 valence electrons. The largest absolute Gasteiger partial charge is 0.373 e. The van der Waals surface area contributed by atoms with Crippen LogP contribution in [0.4, 0.5) is 0 Å². The van der Waals surface area contributed by atoms with Crippen molar-refractivity contribution >= 4 is 53.9 Å². The highest BCUT2D eigenvalue weighted by molar-refractivity contribution is 6.17. The Bertz CT molecular complexity index is 2670. The van der Waals surface area contributed by atoms with Crippen LogP contribution in [0.1, 0.15) is 36.0 Å². The van der Waals surface area contributed by atoms with Crippen LogP contribution in [-0.4, -0.2) is 6.61 Å². The number of hydrogen-bond acceptors (Lipinski definition) is 1. The summed E-state index contributed by atoms with van der Waals surface area (Å²) in [5.74, 6) is 0.343. The molecule has 1 aliphatic rings. The number of fused-ring (bicyclic) bond motifs is 5. The topological polar surface area (TPSA) is 9.23 Å². The summed E-state index contributed by atoms with van der Waals surface area (Å²) < 4.78 is 6.83. The zero-order valence-corrected chi connectivity index (χ0v) is 27.9. The molecule has 0 radical (unpaired) electrons. The van der Waals surface area contributed by atoms with Gasteiger partial charge in [-0.3, -0.25) is 0 Å². The monoisotopic (exact) mass is 640 g/mol. The molecule has 1 nitrogen and oxygen atoms in total. The van der Waals surface area contributed by atoms with Crippen molar-refractivity contribution in [2.45, 2.75) is 24.9 Å². The summed E-state index contributed by atoms with van der Waals surface area (Å²) in [6.45, 7) is 0.713. The number of hydrogen-bond donors (Lipinski definition) is 0. The van der Waals surface area contributed by atoms with Gasteiger partial charge in [-0.25, -0.2) is 0 Å². The maximum absolute atomic E-state index is 6.83. The molecule has 0 aromatic heterocycles. The molecule has 2 unspecified atom stereocenters. The van der Waals surface area contributed by atoms with Crippen molar-refractivity contribution in [3.63, 3.8) is 0 Å². The molecule has 50 heavy (non-hydrogen) atoms. The van der Waals surface area contributed by atoms with Gasteiger partial charge in [0.05, 0.1) is 12.7 Å². The fraction of sp³-hybridized carbons (Fsp3) is 0.102. The highest BCUT2D eigenvalue weighted by Crippen LogP contribution is 2.45. The molecular formula is C49H36O. The molecule has 10 rings (SSSR count). The first-order valence-corrected chi connectivity index (χ1v) is 17.9. The summed E-state index contributed by atoms with van der Waals surface area (Å²) in [4.78, 5) is 0. The van der Waals surface area contributed by atoms with Crippen molar-refractivity contribution in [2.24, 2.45) is 0 Å². The first kappa shape index (κ1) is 29.2. The predicted molar refractivity (Wildman–Crippen MR) is 212 cm³/mol. The first-order valence-electron chi connectivity index (χ1n) is 17.9. The number of ether oxygens (including phenoxy) is 1. The number of benzene rings is 9. The fourth-order valence-electron chi connectivity index (χ4n) is 8.74. The first-order chi connectivity index (χ1) is 24.8. The van der Waals surface area contributed by atoms with Gasteiger partial charge >= 0.3 is 0 Å². The Balaban J connectivity index is 1.00. The minimum atomic E-state index is 0.0744. The molecule has 0 bridgehead atoms. The van der Waals surface area contributed by atoms with E-state index in [4.69, 9.17) is 4.74 Å². The maximum Gasteiger partial charge on any atom is 0.0831 e. The third-order valence-corrected chi connectivity index (χ3v) is 11.1. The minimum absolute atomic E-state index is 0.0744. The second-order valence-electron chi connectivity index (χ2n) is 13.8. The van der Waals surface area contributed by atoms with E-state index in [1.807, 2.05) is 0 Å². The van der Waals surface area contributed by atoms with Crippen molar-refractivity contribution in [3.8, 4) is 22.3 Å². The lowest BCUT2D eigenvalue weighted by Crippen LogP contribution is -2.20. The lowest BCUT2D eigenvalue weighted by atomic mass is 9.83. The van der Waals surface area contributed by atoms with E-state index >= 15 is 0 Å². The van der Waals surface area contributed by atoms with Crippen LogP contribution < -0.4 is 0 Å². The Morgan fingerprint density at radius 2 is 0.860 bits per heavy atom. The van der Waals surface area contributed by atoms with E-state index in [-0.39, 0.29) is 6.10 Å². The van der Waals surface area contributed by atoms with Crippen LogP contribution >= 0.6 is 0 Å². The van der Waals surface area contributed by atoms with E-state index in [0.29, 0.717) is 12.5 Å². The van der Waals surface area contributed by atoms with Crippen LogP contribution in [0.15, 0.2) is 170 Å². The molecule has 9 aromatic carbocycles. The SMILES string of the molecule is c1ccc2c(-c3ccc(C4CCC(c5ccc(-c6c7ccccc7cc7ccccc67)c6ccccc56)CO4)c4ccccc34)cccc2c1. The molecule has 1 saturated heterocycles. The van der Waals surface area contributed by atoms with Crippen molar-refractivity contribution in [1.82, 2.24) is 0 Å². The normalized spacial score (nSPS) is 16.5. The molecule has 1 fully saturated rings. The second kappa shape index (κ2) is 12.0. The van der Waals surface area contributed by atoms with Gasteiger partial charge in [0.1, 0.15) is 0 Å². The van der Waals surface area contributed by atoms with Gasteiger partial charge in [-0.1, -0.05) is 164 Å². The van der Waals surface area contributed by atoms with E-state index < -0.39 is 0 Å². The van der Waals surface area contributed by atoms with Crippen molar-refractivity contribution < 1.29 is 4.74 Å². The van der Waals surface area contributed by atoms with Crippen LogP contribution in [-0.2, 0) is 4.74 Å². The summed E-state index contributed by atoms with van der Waals surface area (Å²) in [5, 5.41) is 12.9. The van der Waals surface area contributed by atoms with Gasteiger partial charge in [0.15, 0.2) is 0 Å². The van der Waals surface area contributed by atoms with Crippen LogP contribution in [0, 0.1) is 0 Å². The lowest BCUT2D eigenvalue weighted by Gasteiger charge is -2.31. The van der Waals surface area contributed by atoms with Gasteiger partial charge in [0, 0.05) is 5.92 Å². The quantitative estimate of drug-likeness (QED) is 0.174. The third-order valence-electron chi connectivity index (χ3n) is 11.1. The van der Waals surface area contributed by atoms with Gasteiger partial charge in [-0.2, -0.15) is 0 Å². The van der Waals surface area contributed by atoms with E-state index in [0.717, 1.165) is 12.8 Å². The summed E-state index contributed by atoms with van der Waals surface area (Å²) in [6.07, 6.45) is 2.15. The average Bonchev–Trinajstić information content (AvgIpc) is 3.19. The molecule has 9 aromatic rings. The van der Waals surface area contributed by atoms with Gasteiger partial charge < -0.3 is 4.74 Å². The zero-order chi connectivity index (χ0) is 33.0. The summed E-state index contributed by atoms with van der Waals surface area (Å²) in [7, 11) is 0. The standard InChI is InChI=1S/C49H36O/c1-4-16-36-32(12-1)15-11-23-41(36)45-26-27-46(43-21-9-8-20-42(43)45)48-29-24-35(31-50-48)37-25-28-47(44-22-10-7-19-40(37)44)49-38-17-5-2-13-33(38)30-34-14-3-6-18-39(34)49/h1-23,25-28,30,35,48H,24,29,31H2. The fourth-order valence-corrected chi connectivity index (χ4v) is 8.74. The van der Waals surface area contributed by atoms with Crippen LogP contribution in [0.2, 0.25) is 0 Å². The Kier molecular flexibility index (Phi) is 6.99. The maximum atomic E-state index is 6.83. The van der Waals surface area contributed by atoms with E-state index in [1.54, 1.807) is 0 Å². The van der Waals surface area contributed by atoms with Crippen LogP contribution in [0.5, 0.6) is 0 Å². The van der Waals surface area contributed by atoms with E-state index in [2.05, 4.69) is 170 Å². The molecule has 1 aliphatic heterocycles. The molecular weight excluding hydrogens is 605 g/mol.